The van der Waals surface area contributed by atoms with E-state index < -0.39 is 11.3 Å². The molecule has 5 heteroatoms. The molecule has 4 nitrogen and oxygen atoms in total. The van der Waals surface area contributed by atoms with Crippen LogP contribution in [0.4, 0.5) is 5.69 Å². The molecule has 0 heterocycles. The summed E-state index contributed by atoms with van der Waals surface area (Å²) in [5.41, 5.74) is 3.85. The Kier molecular flexibility index (Phi) is 5.29. The van der Waals surface area contributed by atoms with Crippen LogP contribution in [0.3, 0.4) is 0 Å². The van der Waals surface area contributed by atoms with Gasteiger partial charge in [0.25, 0.3) is 11.3 Å². The molecule has 1 atom stereocenters. The van der Waals surface area contributed by atoms with Crippen molar-refractivity contribution in [1.29, 1.82) is 0 Å². The van der Waals surface area contributed by atoms with Crippen LogP contribution in [0.5, 0.6) is 0 Å². The Balaban J connectivity index is 1.97. The number of hydrogen-bond donors (Lipinski definition) is 3. The zero-order valence-electron chi connectivity index (χ0n) is 11.0. The van der Waals surface area contributed by atoms with Gasteiger partial charge in [0.15, 0.2) is 0 Å². The number of aliphatic hydroxyl groups is 1. The van der Waals surface area contributed by atoms with Crippen LogP contribution < -0.4 is 4.72 Å². The first-order chi connectivity index (χ1) is 9.67. The van der Waals surface area contributed by atoms with Gasteiger partial charge in [0, 0.05) is 5.69 Å². The lowest BCUT2D eigenvalue weighted by Crippen LogP contribution is -2.02. The van der Waals surface area contributed by atoms with Gasteiger partial charge in [-0.05, 0) is 41.7 Å². The summed E-state index contributed by atoms with van der Waals surface area (Å²) in [5.74, 6) is 0. The van der Waals surface area contributed by atoms with Crippen molar-refractivity contribution < 1.29 is 13.9 Å². The summed E-state index contributed by atoms with van der Waals surface area (Å²) < 4.78 is 22.0. The molecule has 0 saturated carbocycles. The molecular formula is C15H17NO3S. The average Bonchev–Trinajstić information content (AvgIpc) is 2.45. The Morgan fingerprint density at radius 2 is 1.60 bits per heavy atom. The normalized spacial score (nSPS) is 12.1. The van der Waals surface area contributed by atoms with Gasteiger partial charge >= 0.3 is 0 Å². The van der Waals surface area contributed by atoms with Crippen molar-refractivity contribution in [2.75, 3.05) is 4.72 Å². The lowest BCUT2D eigenvalue weighted by atomic mass is 10.0. The number of anilines is 1. The van der Waals surface area contributed by atoms with Gasteiger partial charge in [-0.2, -0.15) is 0 Å². The van der Waals surface area contributed by atoms with Crippen LogP contribution >= 0.6 is 0 Å². The summed E-state index contributed by atoms with van der Waals surface area (Å²) in [4.78, 5) is 0. The van der Waals surface area contributed by atoms with Crippen molar-refractivity contribution in [2.45, 2.75) is 19.4 Å². The van der Waals surface area contributed by atoms with Gasteiger partial charge in [-0.1, -0.05) is 36.4 Å². The molecule has 0 saturated heterocycles. The van der Waals surface area contributed by atoms with E-state index in [4.69, 9.17) is 9.66 Å². The van der Waals surface area contributed by atoms with Crippen LogP contribution in [0.2, 0.25) is 0 Å². The first-order valence-electron chi connectivity index (χ1n) is 6.32. The molecule has 0 radical (unpaired) electrons. The van der Waals surface area contributed by atoms with Crippen LogP contribution in [0.1, 0.15) is 16.7 Å². The van der Waals surface area contributed by atoms with Crippen molar-refractivity contribution in [1.82, 2.24) is 0 Å². The molecule has 20 heavy (non-hydrogen) atoms. The summed E-state index contributed by atoms with van der Waals surface area (Å²) in [6, 6.07) is 15.3. The molecule has 0 spiro atoms. The van der Waals surface area contributed by atoms with Gasteiger partial charge in [0.05, 0.1) is 6.61 Å². The molecule has 106 valence electrons. The van der Waals surface area contributed by atoms with E-state index in [1.165, 1.54) is 5.56 Å². The van der Waals surface area contributed by atoms with Gasteiger partial charge in [-0.15, -0.1) is 0 Å². The molecule has 0 aliphatic heterocycles. The van der Waals surface area contributed by atoms with Gasteiger partial charge < -0.3 is 5.11 Å². The maximum absolute atomic E-state index is 10.7. The lowest BCUT2D eigenvalue weighted by molar-refractivity contribution is 0.282. The zero-order valence-corrected chi connectivity index (χ0v) is 11.8. The van der Waals surface area contributed by atoms with E-state index in [1.54, 1.807) is 6.07 Å². The van der Waals surface area contributed by atoms with E-state index >= 15 is 0 Å². The smallest absolute Gasteiger partial charge is 0.259 e. The van der Waals surface area contributed by atoms with E-state index in [0.29, 0.717) is 5.69 Å². The Hall–Kier alpha value is -1.69. The predicted octanol–water partition coefficient (Wildman–Crippen LogP) is 2.51. The SMILES string of the molecule is O=S(O)Nc1cccc(CCc2ccc(CO)cc2)c1. The van der Waals surface area contributed by atoms with Crippen LogP contribution in [0.25, 0.3) is 0 Å². The Bertz CT molecular complexity index is 584. The standard InChI is InChI=1S/C15H17NO3S/c17-11-14-8-5-12(6-9-14)4-7-13-2-1-3-15(10-13)16-20(18)19/h1-3,5-6,8-10,16-17H,4,7,11H2,(H,18,19). The molecule has 0 aromatic heterocycles. The van der Waals surface area contributed by atoms with Crippen LogP contribution in [-0.2, 0) is 30.7 Å². The maximum atomic E-state index is 10.7. The van der Waals surface area contributed by atoms with Crippen LogP contribution in [0, 0.1) is 0 Å². The average molecular weight is 291 g/mol. The number of nitrogens with one attached hydrogen (secondary N) is 1. The number of benzene rings is 2. The number of aryl methyl sites for hydroxylation is 2. The molecule has 0 bridgehead atoms. The van der Waals surface area contributed by atoms with Gasteiger partial charge in [0.2, 0.25) is 0 Å². The predicted molar refractivity (Wildman–Crippen MR) is 80.6 cm³/mol. The van der Waals surface area contributed by atoms with E-state index in [2.05, 4.69) is 4.72 Å². The minimum absolute atomic E-state index is 0.0618. The Morgan fingerprint density at radius 1 is 0.950 bits per heavy atom. The van der Waals surface area contributed by atoms with Crippen molar-refractivity contribution in [3.05, 3.63) is 65.2 Å². The van der Waals surface area contributed by atoms with Crippen LogP contribution in [0.15, 0.2) is 48.5 Å². The summed E-state index contributed by atoms with van der Waals surface area (Å²) in [5, 5.41) is 8.99. The summed E-state index contributed by atoms with van der Waals surface area (Å²) in [6.07, 6.45) is 1.74. The third kappa shape index (κ3) is 4.45. The fourth-order valence-electron chi connectivity index (χ4n) is 1.99. The minimum Gasteiger partial charge on any atom is -0.392 e. The van der Waals surface area contributed by atoms with E-state index in [-0.39, 0.29) is 6.61 Å². The summed E-state index contributed by atoms with van der Waals surface area (Å²) in [6.45, 7) is 0.0618. The zero-order chi connectivity index (χ0) is 14.4. The highest BCUT2D eigenvalue weighted by Crippen LogP contribution is 2.14. The first-order valence-corrected chi connectivity index (χ1v) is 7.43. The third-order valence-corrected chi connectivity index (χ3v) is 3.45. The van der Waals surface area contributed by atoms with Gasteiger partial charge in [-0.25, -0.2) is 4.21 Å². The first kappa shape index (κ1) is 14.7. The monoisotopic (exact) mass is 291 g/mol. The van der Waals surface area contributed by atoms with Crippen molar-refractivity contribution in [3.63, 3.8) is 0 Å². The number of aliphatic hydroxyl groups excluding tert-OH is 1. The van der Waals surface area contributed by atoms with Crippen molar-refractivity contribution >= 4 is 17.0 Å². The second-order valence-electron chi connectivity index (χ2n) is 4.53. The molecule has 0 aliphatic rings. The number of rotatable bonds is 6. The number of hydrogen-bond acceptors (Lipinski definition) is 2. The summed E-state index contributed by atoms with van der Waals surface area (Å²) in [7, 11) is 0. The highest BCUT2D eigenvalue weighted by molar-refractivity contribution is 7.80. The largest absolute Gasteiger partial charge is 0.392 e. The topological polar surface area (TPSA) is 69.6 Å². The molecule has 2 aromatic carbocycles. The molecule has 1 unspecified atom stereocenters. The van der Waals surface area contributed by atoms with E-state index in [9.17, 15) is 4.21 Å². The minimum atomic E-state index is -2.04. The Morgan fingerprint density at radius 3 is 2.25 bits per heavy atom. The van der Waals surface area contributed by atoms with Crippen molar-refractivity contribution in [2.24, 2.45) is 0 Å². The van der Waals surface area contributed by atoms with E-state index in [0.717, 1.165) is 24.0 Å². The fourth-order valence-corrected chi connectivity index (χ4v) is 2.32. The molecule has 2 rings (SSSR count). The fraction of sp³-hybridized carbons (Fsp3) is 0.200. The van der Waals surface area contributed by atoms with Crippen LogP contribution in [-0.4, -0.2) is 13.9 Å². The molecule has 0 aliphatic carbocycles. The second kappa shape index (κ2) is 7.19. The van der Waals surface area contributed by atoms with Crippen molar-refractivity contribution in [3.8, 4) is 0 Å². The quantitative estimate of drug-likeness (QED) is 0.716. The maximum Gasteiger partial charge on any atom is 0.259 e. The molecule has 2 aromatic rings. The molecule has 3 N–H and O–H groups in total. The lowest BCUT2D eigenvalue weighted by Gasteiger charge is -2.06. The summed E-state index contributed by atoms with van der Waals surface area (Å²) >= 11 is -2.04. The molecule has 0 amide bonds. The van der Waals surface area contributed by atoms with E-state index in [1.807, 2.05) is 42.5 Å². The molecule has 0 fully saturated rings. The highest BCUT2D eigenvalue weighted by atomic mass is 32.2. The van der Waals surface area contributed by atoms with Gasteiger partial charge in [0.1, 0.15) is 0 Å². The van der Waals surface area contributed by atoms with Gasteiger partial charge in [-0.3, -0.25) is 9.27 Å². The second-order valence-corrected chi connectivity index (χ2v) is 5.23. The Labute approximate surface area is 120 Å². The third-order valence-electron chi connectivity index (χ3n) is 3.04. The highest BCUT2D eigenvalue weighted by Gasteiger charge is 2.00. The molecular weight excluding hydrogens is 274 g/mol.